The predicted octanol–water partition coefficient (Wildman–Crippen LogP) is 3.35. The van der Waals surface area contributed by atoms with Crippen LogP contribution in [0.1, 0.15) is 59.3 Å². The van der Waals surface area contributed by atoms with E-state index >= 15 is 0 Å². The maximum atomic E-state index is 3.60. The summed E-state index contributed by atoms with van der Waals surface area (Å²) < 4.78 is 0. The lowest BCUT2D eigenvalue weighted by molar-refractivity contribution is 0.440. The third kappa shape index (κ3) is 8.13. The van der Waals surface area contributed by atoms with Crippen molar-refractivity contribution in [1.29, 1.82) is 0 Å². The summed E-state index contributed by atoms with van der Waals surface area (Å²) in [6.45, 7) is 7.55. The van der Waals surface area contributed by atoms with Crippen LogP contribution in [0.4, 0.5) is 0 Å². The number of rotatable bonds is 8. The summed E-state index contributed by atoms with van der Waals surface area (Å²) in [5, 5.41) is 3.60. The third-order valence-electron chi connectivity index (χ3n) is 2.35. The molecule has 1 heteroatoms. The van der Waals surface area contributed by atoms with E-state index in [1.54, 1.807) is 0 Å². The summed E-state index contributed by atoms with van der Waals surface area (Å²) in [6.07, 6.45) is 7.39. The standard InChI is InChI=1S/C13H25N/c1-4-7-8-9-11-13(10-5-2)14-12-6-3/h13-14H,5-6,8-12H2,1-3H3. The molecule has 0 aromatic carbocycles. The summed E-state index contributed by atoms with van der Waals surface area (Å²) in [5.74, 6) is 6.07. The van der Waals surface area contributed by atoms with Gasteiger partial charge in [0.05, 0.1) is 0 Å². The molecule has 0 radical (unpaired) electrons. The highest BCUT2D eigenvalue weighted by Gasteiger charge is 2.04. The maximum Gasteiger partial charge on any atom is 0.00891 e. The summed E-state index contributed by atoms with van der Waals surface area (Å²) in [5.41, 5.74) is 0. The quantitative estimate of drug-likeness (QED) is 0.462. The van der Waals surface area contributed by atoms with E-state index in [2.05, 4.69) is 31.0 Å². The van der Waals surface area contributed by atoms with Gasteiger partial charge < -0.3 is 5.32 Å². The molecule has 0 aliphatic heterocycles. The van der Waals surface area contributed by atoms with Gasteiger partial charge in [0.1, 0.15) is 0 Å². The Kier molecular flexibility index (Phi) is 10.2. The smallest absolute Gasteiger partial charge is 0.00891 e. The zero-order valence-corrected chi connectivity index (χ0v) is 10.0. The number of nitrogens with one attached hydrogen (secondary N) is 1. The van der Waals surface area contributed by atoms with Crippen LogP contribution < -0.4 is 5.32 Å². The summed E-state index contributed by atoms with van der Waals surface area (Å²) in [6, 6.07) is 0.721. The van der Waals surface area contributed by atoms with Crippen LogP contribution in [0.3, 0.4) is 0 Å². The van der Waals surface area contributed by atoms with Gasteiger partial charge in [-0.15, -0.1) is 11.8 Å². The monoisotopic (exact) mass is 195 g/mol. The van der Waals surface area contributed by atoms with Crippen LogP contribution in [0.2, 0.25) is 0 Å². The maximum absolute atomic E-state index is 3.60. The minimum atomic E-state index is 0.721. The van der Waals surface area contributed by atoms with Gasteiger partial charge in [0.25, 0.3) is 0 Å². The lowest BCUT2D eigenvalue weighted by atomic mass is 10.0. The van der Waals surface area contributed by atoms with Crippen LogP contribution in [0.15, 0.2) is 0 Å². The molecular weight excluding hydrogens is 170 g/mol. The summed E-state index contributed by atoms with van der Waals surface area (Å²) in [7, 11) is 0. The second-order valence-electron chi connectivity index (χ2n) is 3.76. The molecule has 1 unspecified atom stereocenters. The molecule has 0 fully saturated rings. The van der Waals surface area contributed by atoms with Crippen molar-refractivity contribution in [3.05, 3.63) is 0 Å². The van der Waals surface area contributed by atoms with Crippen molar-refractivity contribution in [3.8, 4) is 11.8 Å². The first-order valence-corrected chi connectivity index (χ1v) is 5.98. The molecule has 1 nitrogen and oxygen atoms in total. The molecule has 0 aromatic rings. The lowest BCUT2D eigenvalue weighted by Gasteiger charge is -2.16. The van der Waals surface area contributed by atoms with E-state index < -0.39 is 0 Å². The Labute approximate surface area is 89.7 Å². The molecule has 0 rings (SSSR count). The van der Waals surface area contributed by atoms with Crippen LogP contribution in [-0.2, 0) is 0 Å². The van der Waals surface area contributed by atoms with Crippen LogP contribution >= 0.6 is 0 Å². The zero-order chi connectivity index (χ0) is 10.6. The van der Waals surface area contributed by atoms with Crippen LogP contribution in [-0.4, -0.2) is 12.6 Å². The molecule has 1 atom stereocenters. The fourth-order valence-corrected chi connectivity index (χ4v) is 1.61. The predicted molar refractivity (Wildman–Crippen MR) is 64.3 cm³/mol. The Hall–Kier alpha value is -0.480. The van der Waals surface area contributed by atoms with Crippen molar-refractivity contribution in [1.82, 2.24) is 5.32 Å². The second kappa shape index (κ2) is 10.6. The number of hydrogen-bond acceptors (Lipinski definition) is 1. The second-order valence-corrected chi connectivity index (χ2v) is 3.76. The van der Waals surface area contributed by atoms with Gasteiger partial charge in [0.15, 0.2) is 0 Å². The van der Waals surface area contributed by atoms with Gasteiger partial charge in [0.2, 0.25) is 0 Å². The molecule has 0 aliphatic rings. The highest BCUT2D eigenvalue weighted by molar-refractivity contribution is 4.94. The molecule has 14 heavy (non-hydrogen) atoms. The van der Waals surface area contributed by atoms with Gasteiger partial charge in [-0.25, -0.2) is 0 Å². The van der Waals surface area contributed by atoms with Crippen molar-refractivity contribution in [2.24, 2.45) is 0 Å². The molecule has 1 N–H and O–H groups in total. The van der Waals surface area contributed by atoms with Gasteiger partial charge in [-0.05, 0) is 39.2 Å². The van der Waals surface area contributed by atoms with Crippen molar-refractivity contribution < 1.29 is 0 Å². The summed E-state index contributed by atoms with van der Waals surface area (Å²) >= 11 is 0. The molecule has 0 amide bonds. The number of unbranched alkanes of at least 4 members (excludes halogenated alkanes) is 1. The van der Waals surface area contributed by atoms with Crippen molar-refractivity contribution in [3.63, 3.8) is 0 Å². The zero-order valence-electron chi connectivity index (χ0n) is 10.0. The molecular formula is C13H25N. The molecule has 0 bridgehead atoms. The van der Waals surface area contributed by atoms with Crippen LogP contribution in [0, 0.1) is 11.8 Å². The van der Waals surface area contributed by atoms with E-state index in [0.717, 1.165) is 19.0 Å². The van der Waals surface area contributed by atoms with Crippen molar-refractivity contribution in [2.75, 3.05) is 6.54 Å². The van der Waals surface area contributed by atoms with E-state index in [0.29, 0.717) is 0 Å². The fraction of sp³-hybridized carbons (Fsp3) is 0.846. The lowest BCUT2D eigenvalue weighted by Crippen LogP contribution is -2.29. The summed E-state index contributed by atoms with van der Waals surface area (Å²) in [4.78, 5) is 0. The molecule has 0 spiro atoms. The van der Waals surface area contributed by atoms with Gasteiger partial charge in [0, 0.05) is 12.5 Å². The first-order chi connectivity index (χ1) is 6.85. The molecule has 0 saturated carbocycles. The van der Waals surface area contributed by atoms with E-state index in [4.69, 9.17) is 0 Å². The number of hydrogen-bond donors (Lipinski definition) is 1. The van der Waals surface area contributed by atoms with E-state index in [-0.39, 0.29) is 0 Å². The van der Waals surface area contributed by atoms with Crippen LogP contribution in [0.5, 0.6) is 0 Å². The Morgan fingerprint density at radius 3 is 2.50 bits per heavy atom. The highest BCUT2D eigenvalue weighted by atomic mass is 14.9. The minimum absolute atomic E-state index is 0.721. The van der Waals surface area contributed by atoms with Gasteiger partial charge in [-0.2, -0.15) is 0 Å². The molecule has 0 aliphatic carbocycles. The largest absolute Gasteiger partial charge is 0.314 e. The van der Waals surface area contributed by atoms with Gasteiger partial charge in [-0.1, -0.05) is 20.3 Å². The minimum Gasteiger partial charge on any atom is -0.314 e. The Morgan fingerprint density at radius 2 is 1.93 bits per heavy atom. The normalized spacial score (nSPS) is 11.9. The van der Waals surface area contributed by atoms with E-state index in [9.17, 15) is 0 Å². The highest BCUT2D eigenvalue weighted by Crippen LogP contribution is 2.06. The third-order valence-corrected chi connectivity index (χ3v) is 2.35. The average Bonchev–Trinajstić information content (AvgIpc) is 2.20. The Bertz CT molecular complexity index is 164. The average molecular weight is 195 g/mol. The van der Waals surface area contributed by atoms with Gasteiger partial charge in [-0.3, -0.25) is 0 Å². The Balaban J connectivity index is 3.53. The van der Waals surface area contributed by atoms with Crippen molar-refractivity contribution in [2.45, 2.75) is 65.3 Å². The van der Waals surface area contributed by atoms with Crippen molar-refractivity contribution >= 4 is 0 Å². The first kappa shape index (κ1) is 13.5. The first-order valence-electron chi connectivity index (χ1n) is 5.98. The molecule has 82 valence electrons. The van der Waals surface area contributed by atoms with Crippen LogP contribution in [0.25, 0.3) is 0 Å². The fourth-order valence-electron chi connectivity index (χ4n) is 1.61. The molecule has 0 aromatic heterocycles. The van der Waals surface area contributed by atoms with Gasteiger partial charge >= 0.3 is 0 Å². The SMILES string of the molecule is CC#CCCCC(CCC)NCCC. The topological polar surface area (TPSA) is 12.0 Å². The Morgan fingerprint density at radius 1 is 1.14 bits per heavy atom. The molecule has 0 heterocycles. The van der Waals surface area contributed by atoms with E-state index in [1.807, 2.05) is 6.92 Å². The van der Waals surface area contributed by atoms with E-state index in [1.165, 1.54) is 32.1 Å². The molecule has 0 saturated heterocycles.